The molecule has 21 heavy (non-hydrogen) atoms. The zero-order valence-corrected chi connectivity index (χ0v) is 12.3. The van der Waals surface area contributed by atoms with Crippen LogP contribution < -0.4 is 10.2 Å². The average Bonchev–Trinajstić information content (AvgIpc) is 2.88. The first-order valence-corrected chi connectivity index (χ1v) is 6.93. The molecule has 0 radical (unpaired) electrons. The second-order valence-electron chi connectivity index (χ2n) is 5.30. The molecule has 1 unspecified atom stereocenters. The molecule has 0 fully saturated rings. The summed E-state index contributed by atoms with van der Waals surface area (Å²) in [5.41, 5.74) is 1.94. The summed E-state index contributed by atoms with van der Waals surface area (Å²) in [7, 11) is 1.63. The lowest BCUT2D eigenvalue weighted by molar-refractivity contribution is 0.0697. The lowest BCUT2D eigenvalue weighted by atomic mass is 10.1. The van der Waals surface area contributed by atoms with Crippen molar-refractivity contribution in [1.29, 1.82) is 0 Å². The third kappa shape index (κ3) is 3.52. The summed E-state index contributed by atoms with van der Waals surface area (Å²) in [6, 6.07) is 4.71. The maximum Gasteiger partial charge on any atom is 0.335 e. The first-order chi connectivity index (χ1) is 10.0. The van der Waals surface area contributed by atoms with Crippen molar-refractivity contribution in [1.82, 2.24) is 5.32 Å². The molecule has 1 aliphatic rings. The second kappa shape index (κ2) is 6.58. The number of aromatic carboxylic acids is 1. The molecule has 114 valence electrons. The molecule has 6 heteroatoms. The van der Waals surface area contributed by atoms with Crippen LogP contribution in [-0.4, -0.2) is 43.9 Å². The Bertz CT molecular complexity index is 544. The molecule has 0 bridgehead atoms. The highest BCUT2D eigenvalue weighted by Crippen LogP contribution is 2.28. The molecule has 0 saturated heterocycles. The summed E-state index contributed by atoms with van der Waals surface area (Å²) in [6.07, 6.45) is 0.678. The van der Waals surface area contributed by atoms with Gasteiger partial charge >= 0.3 is 12.0 Å². The summed E-state index contributed by atoms with van der Waals surface area (Å²) < 4.78 is 5.03. The van der Waals surface area contributed by atoms with Crippen molar-refractivity contribution in [3.63, 3.8) is 0 Å². The topological polar surface area (TPSA) is 78.9 Å². The summed E-state index contributed by atoms with van der Waals surface area (Å²) in [4.78, 5) is 24.8. The molecule has 1 heterocycles. The summed E-state index contributed by atoms with van der Waals surface area (Å²) in [5, 5.41) is 11.9. The zero-order chi connectivity index (χ0) is 15.4. The number of amides is 2. The Balaban J connectivity index is 2.01. The molecule has 1 aromatic rings. The van der Waals surface area contributed by atoms with E-state index in [0.717, 1.165) is 11.3 Å². The van der Waals surface area contributed by atoms with E-state index in [2.05, 4.69) is 5.32 Å². The van der Waals surface area contributed by atoms with Gasteiger partial charge in [0.25, 0.3) is 0 Å². The number of anilines is 1. The highest BCUT2D eigenvalue weighted by Gasteiger charge is 2.25. The van der Waals surface area contributed by atoms with E-state index < -0.39 is 5.97 Å². The van der Waals surface area contributed by atoms with Crippen molar-refractivity contribution in [3.05, 3.63) is 29.3 Å². The van der Waals surface area contributed by atoms with Gasteiger partial charge in [0.15, 0.2) is 0 Å². The SMILES string of the molecule is COCC(C)CNC(=O)N1CCc2cc(C(=O)O)ccc21. The van der Waals surface area contributed by atoms with Crippen LogP contribution >= 0.6 is 0 Å². The molecule has 1 aromatic carbocycles. The Labute approximate surface area is 123 Å². The van der Waals surface area contributed by atoms with E-state index in [9.17, 15) is 9.59 Å². The normalized spacial score (nSPS) is 14.7. The number of carboxylic acid groups (broad SMARTS) is 1. The number of nitrogens with one attached hydrogen (secondary N) is 1. The predicted octanol–water partition coefficient (Wildman–Crippen LogP) is 1.74. The molecular formula is C15H20N2O4. The maximum absolute atomic E-state index is 12.2. The van der Waals surface area contributed by atoms with Gasteiger partial charge in [-0.2, -0.15) is 0 Å². The Kier molecular flexibility index (Phi) is 4.80. The average molecular weight is 292 g/mol. The fourth-order valence-electron chi connectivity index (χ4n) is 2.45. The number of rotatable bonds is 5. The number of ether oxygens (including phenoxy) is 1. The quantitative estimate of drug-likeness (QED) is 0.866. The van der Waals surface area contributed by atoms with Gasteiger partial charge in [-0.05, 0) is 36.1 Å². The van der Waals surface area contributed by atoms with Crippen molar-refractivity contribution in [3.8, 4) is 0 Å². The van der Waals surface area contributed by atoms with Crippen molar-refractivity contribution in [2.45, 2.75) is 13.3 Å². The molecular weight excluding hydrogens is 272 g/mol. The number of fused-ring (bicyclic) bond motifs is 1. The van der Waals surface area contributed by atoms with Gasteiger partial charge in [-0.25, -0.2) is 9.59 Å². The minimum Gasteiger partial charge on any atom is -0.478 e. The van der Waals surface area contributed by atoms with E-state index in [-0.39, 0.29) is 17.5 Å². The van der Waals surface area contributed by atoms with Crippen LogP contribution in [0.5, 0.6) is 0 Å². The number of carbonyl (C=O) groups excluding carboxylic acids is 1. The lowest BCUT2D eigenvalue weighted by Gasteiger charge is -2.19. The maximum atomic E-state index is 12.2. The van der Waals surface area contributed by atoms with Gasteiger partial charge in [0, 0.05) is 25.9 Å². The van der Waals surface area contributed by atoms with Crippen molar-refractivity contribution < 1.29 is 19.4 Å². The van der Waals surface area contributed by atoms with Gasteiger partial charge in [0.05, 0.1) is 12.2 Å². The monoisotopic (exact) mass is 292 g/mol. The fraction of sp³-hybridized carbons (Fsp3) is 0.467. The van der Waals surface area contributed by atoms with Crippen molar-refractivity contribution >= 4 is 17.7 Å². The van der Waals surface area contributed by atoms with E-state index in [1.165, 1.54) is 6.07 Å². The lowest BCUT2D eigenvalue weighted by Crippen LogP contribution is -2.41. The second-order valence-corrected chi connectivity index (χ2v) is 5.30. The standard InChI is InChI=1S/C15H20N2O4/c1-10(9-21-2)8-16-15(20)17-6-5-11-7-12(14(18)19)3-4-13(11)17/h3-4,7,10H,5-6,8-9H2,1-2H3,(H,16,20)(H,18,19). The largest absolute Gasteiger partial charge is 0.478 e. The van der Waals surface area contributed by atoms with Crippen LogP contribution in [0.2, 0.25) is 0 Å². The molecule has 0 aliphatic carbocycles. The van der Waals surface area contributed by atoms with E-state index >= 15 is 0 Å². The molecule has 2 rings (SSSR count). The van der Waals surface area contributed by atoms with Crippen LogP contribution in [0, 0.1) is 5.92 Å². The molecule has 1 aliphatic heterocycles. The first-order valence-electron chi connectivity index (χ1n) is 6.93. The number of hydrogen-bond donors (Lipinski definition) is 2. The number of benzene rings is 1. The Hall–Kier alpha value is -2.08. The number of carboxylic acids is 1. The van der Waals surface area contributed by atoms with Gasteiger partial charge < -0.3 is 15.2 Å². The van der Waals surface area contributed by atoms with Crippen molar-refractivity contribution in [2.24, 2.45) is 5.92 Å². The molecule has 0 saturated carbocycles. The van der Waals surface area contributed by atoms with Crippen LogP contribution in [0.4, 0.5) is 10.5 Å². The summed E-state index contributed by atoms with van der Waals surface area (Å²) >= 11 is 0. The predicted molar refractivity (Wildman–Crippen MR) is 78.9 cm³/mol. The molecule has 0 spiro atoms. The third-order valence-corrected chi connectivity index (χ3v) is 3.52. The van der Waals surface area contributed by atoms with Crippen LogP contribution in [0.3, 0.4) is 0 Å². The number of nitrogens with zero attached hydrogens (tertiary/aromatic N) is 1. The highest BCUT2D eigenvalue weighted by atomic mass is 16.5. The van der Waals surface area contributed by atoms with Crippen LogP contribution in [-0.2, 0) is 11.2 Å². The van der Waals surface area contributed by atoms with E-state index in [1.807, 2.05) is 6.92 Å². The van der Waals surface area contributed by atoms with E-state index in [1.54, 1.807) is 24.1 Å². The number of carbonyl (C=O) groups is 2. The molecule has 0 aromatic heterocycles. The third-order valence-electron chi connectivity index (χ3n) is 3.52. The van der Waals surface area contributed by atoms with Gasteiger partial charge in [-0.3, -0.25) is 4.90 Å². The minimum atomic E-state index is -0.950. The van der Waals surface area contributed by atoms with Crippen LogP contribution in [0.15, 0.2) is 18.2 Å². The highest BCUT2D eigenvalue weighted by molar-refractivity contribution is 5.96. The summed E-state index contributed by atoms with van der Waals surface area (Å²) in [6.45, 7) is 3.72. The Morgan fingerprint density at radius 1 is 1.48 bits per heavy atom. The van der Waals surface area contributed by atoms with E-state index in [4.69, 9.17) is 9.84 Å². The smallest absolute Gasteiger partial charge is 0.335 e. The van der Waals surface area contributed by atoms with Crippen LogP contribution in [0.1, 0.15) is 22.8 Å². The number of hydrogen-bond acceptors (Lipinski definition) is 3. The summed E-state index contributed by atoms with van der Waals surface area (Å²) in [5.74, 6) is -0.704. The van der Waals surface area contributed by atoms with Crippen molar-refractivity contribution in [2.75, 3.05) is 31.7 Å². The van der Waals surface area contributed by atoms with Gasteiger partial charge in [-0.15, -0.1) is 0 Å². The Morgan fingerprint density at radius 2 is 2.24 bits per heavy atom. The fourth-order valence-corrected chi connectivity index (χ4v) is 2.45. The zero-order valence-electron chi connectivity index (χ0n) is 12.3. The van der Waals surface area contributed by atoms with Gasteiger partial charge in [-0.1, -0.05) is 6.92 Å². The number of methoxy groups -OCH3 is 1. The molecule has 6 nitrogen and oxygen atoms in total. The van der Waals surface area contributed by atoms with E-state index in [0.29, 0.717) is 26.1 Å². The minimum absolute atomic E-state index is 0.153. The molecule has 2 amide bonds. The Morgan fingerprint density at radius 3 is 2.90 bits per heavy atom. The van der Waals surface area contributed by atoms with Crippen LogP contribution in [0.25, 0.3) is 0 Å². The number of urea groups is 1. The first kappa shape index (κ1) is 15.3. The van der Waals surface area contributed by atoms with Gasteiger partial charge in [0.1, 0.15) is 0 Å². The molecule has 1 atom stereocenters. The molecule has 2 N–H and O–H groups in total. The van der Waals surface area contributed by atoms with Gasteiger partial charge in [0.2, 0.25) is 0 Å².